The van der Waals surface area contributed by atoms with E-state index in [0.717, 1.165) is 37.1 Å². The van der Waals surface area contributed by atoms with Gasteiger partial charge in [-0.05, 0) is 44.7 Å². The Kier molecular flexibility index (Phi) is 4.43. The van der Waals surface area contributed by atoms with Gasteiger partial charge in [0.05, 0.1) is 22.4 Å². The minimum absolute atomic E-state index is 0.0146. The van der Waals surface area contributed by atoms with Crippen molar-refractivity contribution in [1.29, 1.82) is 0 Å². The summed E-state index contributed by atoms with van der Waals surface area (Å²) in [5, 5.41) is 8.48. The lowest BCUT2D eigenvalue weighted by molar-refractivity contribution is 0.302. The molecule has 0 spiro atoms. The van der Waals surface area contributed by atoms with Crippen LogP contribution in [-0.4, -0.2) is 20.8 Å². The van der Waals surface area contributed by atoms with E-state index in [1.54, 1.807) is 29.2 Å². The van der Waals surface area contributed by atoms with Crippen LogP contribution in [0.4, 0.5) is 5.69 Å². The van der Waals surface area contributed by atoms with Gasteiger partial charge in [-0.2, -0.15) is 5.10 Å². The molecule has 0 amide bonds. The number of aromatic nitrogens is 3. The van der Waals surface area contributed by atoms with Crippen LogP contribution in [0.3, 0.4) is 0 Å². The Morgan fingerprint density at radius 3 is 2.73 bits per heavy atom. The van der Waals surface area contributed by atoms with Crippen LogP contribution in [0.1, 0.15) is 37.4 Å². The van der Waals surface area contributed by atoms with Crippen LogP contribution in [0.5, 0.6) is 0 Å². The third kappa shape index (κ3) is 3.30. The van der Waals surface area contributed by atoms with E-state index < -0.39 is 0 Å². The molecule has 5 nitrogen and oxygen atoms in total. The first-order valence-corrected chi connectivity index (χ1v) is 7.94. The van der Waals surface area contributed by atoms with Gasteiger partial charge < -0.3 is 5.32 Å². The zero-order chi connectivity index (χ0) is 15.5. The molecule has 1 fully saturated rings. The Morgan fingerprint density at radius 1 is 1.23 bits per heavy atom. The average Bonchev–Trinajstić information content (AvgIpc) is 2.53. The Bertz CT molecular complexity index is 707. The molecule has 1 N–H and O–H groups in total. The SMILES string of the molecule is Cc1ccc(=O)n(C2CCC(Nc3ccncc3Cl)CC2)n1. The molecule has 2 heterocycles. The molecule has 1 aliphatic carbocycles. The lowest BCUT2D eigenvalue weighted by Crippen LogP contribution is -2.33. The predicted molar refractivity (Wildman–Crippen MR) is 87.4 cm³/mol. The van der Waals surface area contributed by atoms with Crippen LogP contribution >= 0.6 is 11.6 Å². The van der Waals surface area contributed by atoms with E-state index in [2.05, 4.69) is 15.4 Å². The maximum absolute atomic E-state index is 11.9. The maximum atomic E-state index is 11.9. The molecule has 0 aromatic carbocycles. The largest absolute Gasteiger partial charge is 0.381 e. The first-order valence-electron chi connectivity index (χ1n) is 7.56. The number of nitrogens with one attached hydrogen (secondary N) is 1. The van der Waals surface area contributed by atoms with Crippen LogP contribution in [0.2, 0.25) is 5.02 Å². The van der Waals surface area contributed by atoms with Gasteiger partial charge in [-0.1, -0.05) is 11.6 Å². The summed E-state index contributed by atoms with van der Waals surface area (Å²) in [6.45, 7) is 1.91. The minimum atomic E-state index is -0.0146. The van der Waals surface area contributed by atoms with Gasteiger partial charge in [0.1, 0.15) is 0 Å². The van der Waals surface area contributed by atoms with Gasteiger partial charge in [0.15, 0.2) is 0 Å². The predicted octanol–water partition coefficient (Wildman–Crippen LogP) is 3.20. The fourth-order valence-corrected chi connectivity index (χ4v) is 3.13. The topological polar surface area (TPSA) is 59.8 Å². The van der Waals surface area contributed by atoms with Crippen molar-refractivity contribution in [3.05, 3.63) is 51.7 Å². The van der Waals surface area contributed by atoms with E-state index in [1.165, 1.54) is 0 Å². The van der Waals surface area contributed by atoms with Crippen LogP contribution < -0.4 is 10.9 Å². The number of halogens is 1. The lowest BCUT2D eigenvalue weighted by atomic mass is 9.91. The van der Waals surface area contributed by atoms with Crippen molar-refractivity contribution in [2.24, 2.45) is 0 Å². The van der Waals surface area contributed by atoms with Crippen molar-refractivity contribution in [3.8, 4) is 0 Å². The van der Waals surface area contributed by atoms with Gasteiger partial charge in [0.2, 0.25) is 0 Å². The standard InChI is InChI=1S/C16H19ClN4O/c1-11-2-7-16(22)21(20-11)13-5-3-12(4-6-13)19-15-8-9-18-10-14(15)17/h2,7-10,12-13H,3-6H2,1H3,(H,18,19). The van der Waals surface area contributed by atoms with Gasteiger partial charge in [-0.25, -0.2) is 4.68 Å². The molecule has 0 unspecified atom stereocenters. The summed E-state index contributed by atoms with van der Waals surface area (Å²) in [7, 11) is 0. The highest BCUT2D eigenvalue weighted by Gasteiger charge is 2.24. The van der Waals surface area contributed by atoms with Gasteiger partial charge in [-0.3, -0.25) is 9.78 Å². The molecule has 1 aliphatic rings. The summed E-state index contributed by atoms with van der Waals surface area (Å²) in [6.07, 6.45) is 7.24. The monoisotopic (exact) mass is 318 g/mol. The maximum Gasteiger partial charge on any atom is 0.267 e. The molecule has 116 valence electrons. The van der Waals surface area contributed by atoms with Crippen LogP contribution in [0, 0.1) is 6.92 Å². The second kappa shape index (κ2) is 6.48. The quantitative estimate of drug-likeness (QED) is 0.944. The Balaban J connectivity index is 1.64. The highest BCUT2D eigenvalue weighted by Crippen LogP contribution is 2.30. The number of anilines is 1. The molecule has 2 aromatic heterocycles. The molecule has 0 saturated heterocycles. The molecular weight excluding hydrogens is 300 g/mol. The second-order valence-corrected chi connectivity index (χ2v) is 6.17. The summed E-state index contributed by atoms with van der Waals surface area (Å²) < 4.78 is 1.64. The van der Waals surface area contributed by atoms with E-state index >= 15 is 0 Å². The third-order valence-corrected chi connectivity index (χ3v) is 4.43. The van der Waals surface area contributed by atoms with Crippen LogP contribution in [0.15, 0.2) is 35.4 Å². The van der Waals surface area contributed by atoms with Crippen LogP contribution in [-0.2, 0) is 0 Å². The molecule has 2 aromatic rings. The summed E-state index contributed by atoms with van der Waals surface area (Å²) in [6, 6.07) is 5.82. The number of aryl methyl sites for hydroxylation is 1. The van der Waals surface area contributed by atoms with E-state index in [1.807, 2.05) is 13.0 Å². The number of hydrogen-bond acceptors (Lipinski definition) is 4. The summed E-state index contributed by atoms with van der Waals surface area (Å²) in [5.41, 5.74) is 1.79. The first-order chi connectivity index (χ1) is 10.6. The fraction of sp³-hybridized carbons (Fsp3) is 0.438. The smallest absolute Gasteiger partial charge is 0.267 e. The minimum Gasteiger partial charge on any atom is -0.381 e. The molecule has 0 atom stereocenters. The molecule has 3 rings (SSSR count). The highest BCUT2D eigenvalue weighted by molar-refractivity contribution is 6.33. The third-order valence-electron chi connectivity index (χ3n) is 4.13. The summed E-state index contributed by atoms with van der Waals surface area (Å²) in [5.74, 6) is 0. The molecule has 0 aliphatic heterocycles. The summed E-state index contributed by atoms with van der Waals surface area (Å²) >= 11 is 6.13. The van der Waals surface area contributed by atoms with Crippen molar-refractivity contribution < 1.29 is 0 Å². The number of pyridine rings is 1. The number of nitrogens with zero attached hydrogens (tertiary/aromatic N) is 3. The van der Waals surface area contributed by atoms with Gasteiger partial charge >= 0.3 is 0 Å². The van der Waals surface area contributed by atoms with Crippen molar-refractivity contribution >= 4 is 17.3 Å². The lowest BCUT2D eigenvalue weighted by Gasteiger charge is -2.30. The van der Waals surface area contributed by atoms with E-state index in [-0.39, 0.29) is 11.6 Å². The van der Waals surface area contributed by atoms with Crippen molar-refractivity contribution in [2.75, 3.05) is 5.32 Å². The zero-order valence-electron chi connectivity index (χ0n) is 12.5. The Hall–Kier alpha value is -1.88. The van der Waals surface area contributed by atoms with E-state index in [9.17, 15) is 4.79 Å². The van der Waals surface area contributed by atoms with Crippen molar-refractivity contribution in [2.45, 2.75) is 44.7 Å². The second-order valence-electron chi connectivity index (χ2n) is 5.76. The van der Waals surface area contributed by atoms with E-state index in [4.69, 9.17) is 11.6 Å². The molecular formula is C16H19ClN4O. The summed E-state index contributed by atoms with van der Waals surface area (Å²) in [4.78, 5) is 15.9. The molecule has 22 heavy (non-hydrogen) atoms. The number of rotatable bonds is 3. The molecule has 1 saturated carbocycles. The molecule has 0 radical (unpaired) electrons. The van der Waals surface area contributed by atoms with Crippen molar-refractivity contribution in [1.82, 2.24) is 14.8 Å². The highest BCUT2D eigenvalue weighted by atomic mass is 35.5. The van der Waals surface area contributed by atoms with Crippen LogP contribution in [0.25, 0.3) is 0 Å². The van der Waals surface area contributed by atoms with Gasteiger partial charge in [-0.15, -0.1) is 0 Å². The normalized spacial score (nSPS) is 21.5. The average molecular weight is 319 g/mol. The molecule has 6 heteroatoms. The first kappa shape index (κ1) is 15.0. The van der Waals surface area contributed by atoms with Crippen molar-refractivity contribution in [3.63, 3.8) is 0 Å². The van der Waals surface area contributed by atoms with Gasteiger partial charge in [0.25, 0.3) is 5.56 Å². The Labute approximate surface area is 134 Å². The zero-order valence-corrected chi connectivity index (χ0v) is 13.3. The fourth-order valence-electron chi connectivity index (χ4n) is 2.96. The molecule has 0 bridgehead atoms. The van der Waals surface area contributed by atoms with E-state index in [0.29, 0.717) is 11.1 Å². The number of hydrogen-bond donors (Lipinski definition) is 1. The van der Waals surface area contributed by atoms with Gasteiger partial charge in [0, 0.05) is 24.5 Å². The Morgan fingerprint density at radius 2 is 2.00 bits per heavy atom.